The van der Waals surface area contributed by atoms with Crippen LogP contribution in [-0.2, 0) is 5.54 Å². The van der Waals surface area contributed by atoms with E-state index in [1.165, 1.54) is 0 Å². The first-order valence-electron chi connectivity index (χ1n) is 5.24. The molecule has 1 aromatic rings. The fourth-order valence-electron chi connectivity index (χ4n) is 1.99. The van der Waals surface area contributed by atoms with Crippen LogP contribution in [0.15, 0.2) is 6.07 Å². The molecule has 0 spiro atoms. The summed E-state index contributed by atoms with van der Waals surface area (Å²) in [5.74, 6) is 1.44. The lowest BCUT2D eigenvalue weighted by Gasteiger charge is -2.19. The van der Waals surface area contributed by atoms with E-state index in [0.717, 1.165) is 29.7 Å². The number of aryl methyl sites for hydroxylation is 1. The van der Waals surface area contributed by atoms with Crippen LogP contribution >= 0.6 is 11.6 Å². The Bertz CT molecular complexity index is 428. The third-order valence-electron chi connectivity index (χ3n) is 3.08. The van der Waals surface area contributed by atoms with Crippen molar-refractivity contribution < 1.29 is 9.47 Å². The largest absolute Gasteiger partial charge is 0.496 e. The van der Waals surface area contributed by atoms with Crippen molar-refractivity contribution in [3.63, 3.8) is 0 Å². The Balaban J connectivity index is 2.64. The molecule has 3 nitrogen and oxygen atoms in total. The molecule has 0 saturated heterocycles. The van der Waals surface area contributed by atoms with Crippen molar-refractivity contribution in [3.8, 4) is 11.5 Å². The van der Waals surface area contributed by atoms with E-state index in [-0.39, 0.29) is 5.54 Å². The summed E-state index contributed by atoms with van der Waals surface area (Å²) in [6, 6.07) is 1.92. The molecule has 0 aliphatic heterocycles. The summed E-state index contributed by atoms with van der Waals surface area (Å²) in [5, 5.41) is 0.583. The third kappa shape index (κ3) is 1.64. The molecule has 2 N–H and O–H groups in total. The van der Waals surface area contributed by atoms with E-state index in [1.54, 1.807) is 14.2 Å². The lowest BCUT2D eigenvalue weighted by atomic mass is 10.0. The van der Waals surface area contributed by atoms with Gasteiger partial charge in [-0.15, -0.1) is 0 Å². The topological polar surface area (TPSA) is 44.5 Å². The second-order valence-electron chi connectivity index (χ2n) is 4.27. The van der Waals surface area contributed by atoms with Crippen LogP contribution in [0.5, 0.6) is 11.5 Å². The number of methoxy groups -OCH3 is 2. The van der Waals surface area contributed by atoms with Gasteiger partial charge in [0, 0.05) is 11.1 Å². The smallest absolute Gasteiger partial charge is 0.140 e. The fourth-order valence-corrected chi connectivity index (χ4v) is 2.50. The highest BCUT2D eigenvalue weighted by molar-refractivity contribution is 6.33. The lowest BCUT2D eigenvalue weighted by Crippen LogP contribution is -2.20. The Hall–Kier alpha value is -0.930. The first-order valence-corrected chi connectivity index (χ1v) is 5.61. The van der Waals surface area contributed by atoms with Crippen LogP contribution in [0.3, 0.4) is 0 Å². The van der Waals surface area contributed by atoms with Gasteiger partial charge in [-0.05, 0) is 31.4 Å². The average molecular weight is 242 g/mol. The van der Waals surface area contributed by atoms with Gasteiger partial charge in [0.2, 0.25) is 0 Å². The van der Waals surface area contributed by atoms with Gasteiger partial charge in [-0.3, -0.25) is 0 Å². The van der Waals surface area contributed by atoms with Gasteiger partial charge in [-0.1, -0.05) is 11.6 Å². The zero-order chi connectivity index (χ0) is 11.9. The van der Waals surface area contributed by atoms with Crippen molar-refractivity contribution in [2.45, 2.75) is 25.3 Å². The molecule has 0 atom stereocenters. The first kappa shape index (κ1) is 11.6. The van der Waals surface area contributed by atoms with E-state index in [4.69, 9.17) is 26.8 Å². The zero-order valence-corrected chi connectivity index (χ0v) is 10.5. The predicted molar refractivity (Wildman–Crippen MR) is 64.4 cm³/mol. The lowest BCUT2D eigenvalue weighted by molar-refractivity contribution is 0.392. The molecule has 1 aliphatic carbocycles. The molecule has 88 valence electrons. The van der Waals surface area contributed by atoms with E-state index in [0.29, 0.717) is 10.8 Å². The van der Waals surface area contributed by atoms with Crippen molar-refractivity contribution in [3.05, 3.63) is 22.2 Å². The highest BCUT2D eigenvalue weighted by Gasteiger charge is 2.44. The molecule has 16 heavy (non-hydrogen) atoms. The summed E-state index contributed by atoms with van der Waals surface area (Å²) in [7, 11) is 3.24. The number of hydrogen-bond acceptors (Lipinski definition) is 3. The van der Waals surface area contributed by atoms with Crippen LogP contribution in [0.25, 0.3) is 0 Å². The van der Waals surface area contributed by atoms with Gasteiger partial charge >= 0.3 is 0 Å². The van der Waals surface area contributed by atoms with Crippen LogP contribution in [0.1, 0.15) is 24.0 Å². The summed E-state index contributed by atoms with van der Waals surface area (Å²) in [4.78, 5) is 0. The number of halogens is 1. The van der Waals surface area contributed by atoms with Gasteiger partial charge < -0.3 is 15.2 Å². The van der Waals surface area contributed by atoms with Gasteiger partial charge in [0.05, 0.1) is 19.2 Å². The minimum atomic E-state index is -0.330. The van der Waals surface area contributed by atoms with E-state index in [1.807, 2.05) is 13.0 Å². The molecule has 1 fully saturated rings. The third-order valence-corrected chi connectivity index (χ3v) is 3.44. The maximum Gasteiger partial charge on any atom is 0.140 e. The molecule has 0 aromatic heterocycles. The highest BCUT2D eigenvalue weighted by Crippen LogP contribution is 2.52. The number of benzene rings is 1. The monoisotopic (exact) mass is 241 g/mol. The van der Waals surface area contributed by atoms with Gasteiger partial charge in [-0.2, -0.15) is 0 Å². The first-order chi connectivity index (χ1) is 7.53. The summed E-state index contributed by atoms with van der Waals surface area (Å²) in [6.07, 6.45) is 1.88. The van der Waals surface area contributed by atoms with Gasteiger partial charge in [0.15, 0.2) is 0 Å². The molecule has 1 saturated carbocycles. The molecule has 0 unspecified atom stereocenters. The molecule has 1 aliphatic rings. The van der Waals surface area contributed by atoms with Crippen LogP contribution in [0.2, 0.25) is 5.02 Å². The molecular weight excluding hydrogens is 226 g/mol. The van der Waals surface area contributed by atoms with Crippen molar-refractivity contribution in [1.29, 1.82) is 0 Å². The summed E-state index contributed by atoms with van der Waals surface area (Å²) >= 11 is 6.34. The quantitative estimate of drug-likeness (QED) is 0.885. The molecule has 1 aromatic carbocycles. The zero-order valence-electron chi connectivity index (χ0n) is 9.76. The molecular formula is C12H16ClNO2. The number of nitrogens with two attached hydrogens (primary N) is 1. The Labute approximate surface area is 100 Å². The van der Waals surface area contributed by atoms with Crippen molar-refractivity contribution in [2.24, 2.45) is 5.73 Å². The number of rotatable bonds is 3. The van der Waals surface area contributed by atoms with Crippen molar-refractivity contribution in [2.75, 3.05) is 14.2 Å². The standard InChI is InChI=1S/C12H16ClNO2/c1-7-6-8(15-2)9(12(14)4-5-12)10(13)11(7)16-3/h6H,4-5,14H2,1-3H3. The summed E-state index contributed by atoms with van der Waals surface area (Å²) < 4.78 is 10.6. The van der Waals surface area contributed by atoms with Gasteiger partial charge in [0.25, 0.3) is 0 Å². The Morgan fingerprint density at radius 2 is 1.94 bits per heavy atom. The molecule has 0 bridgehead atoms. The number of hydrogen-bond donors (Lipinski definition) is 1. The van der Waals surface area contributed by atoms with E-state index in [2.05, 4.69) is 0 Å². The van der Waals surface area contributed by atoms with Gasteiger partial charge in [0.1, 0.15) is 11.5 Å². The van der Waals surface area contributed by atoms with Crippen LogP contribution in [0, 0.1) is 6.92 Å². The Kier molecular flexibility index (Phi) is 2.76. The Morgan fingerprint density at radius 3 is 2.38 bits per heavy atom. The minimum Gasteiger partial charge on any atom is -0.496 e. The van der Waals surface area contributed by atoms with Crippen molar-refractivity contribution in [1.82, 2.24) is 0 Å². The van der Waals surface area contributed by atoms with Crippen LogP contribution < -0.4 is 15.2 Å². The average Bonchev–Trinajstić information content (AvgIpc) is 2.96. The van der Waals surface area contributed by atoms with Gasteiger partial charge in [-0.25, -0.2) is 0 Å². The van der Waals surface area contributed by atoms with E-state index in [9.17, 15) is 0 Å². The van der Waals surface area contributed by atoms with Crippen molar-refractivity contribution >= 4 is 11.6 Å². The molecule has 2 rings (SSSR count). The molecule has 0 heterocycles. The SMILES string of the molecule is COc1cc(C)c(OC)c(Cl)c1C1(N)CC1. The normalized spacial score (nSPS) is 17.1. The fraction of sp³-hybridized carbons (Fsp3) is 0.500. The Morgan fingerprint density at radius 1 is 1.31 bits per heavy atom. The second kappa shape index (κ2) is 3.82. The predicted octanol–water partition coefficient (Wildman–Crippen LogP) is 2.61. The second-order valence-corrected chi connectivity index (χ2v) is 4.65. The molecule has 4 heteroatoms. The van der Waals surface area contributed by atoms with E-state index >= 15 is 0 Å². The maximum atomic E-state index is 6.34. The minimum absolute atomic E-state index is 0.330. The summed E-state index contributed by atoms with van der Waals surface area (Å²) in [5.41, 5.74) is 7.70. The number of ether oxygens (including phenoxy) is 2. The van der Waals surface area contributed by atoms with Crippen LogP contribution in [0.4, 0.5) is 0 Å². The maximum absolute atomic E-state index is 6.34. The summed E-state index contributed by atoms with van der Waals surface area (Å²) in [6.45, 7) is 1.94. The molecule has 0 amide bonds. The van der Waals surface area contributed by atoms with E-state index < -0.39 is 0 Å². The molecule has 0 radical (unpaired) electrons. The van der Waals surface area contributed by atoms with Crippen LogP contribution in [-0.4, -0.2) is 14.2 Å². The highest BCUT2D eigenvalue weighted by atomic mass is 35.5.